The van der Waals surface area contributed by atoms with Crippen LogP contribution >= 0.6 is 0 Å². The van der Waals surface area contributed by atoms with Crippen molar-refractivity contribution in [3.8, 4) is 11.4 Å². The Bertz CT molecular complexity index is 1620. The summed E-state index contributed by atoms with van der Waals surface area (Å²) < 4.78 is 0. The molecule has 14 heteroatoms. The number of carbonyl (C=O) groups excluding carboxylic acids is 3. The van der Waals surface area contributed by atoms with Crippen molar-refractivity contribution in [2.45, 2.75) is 31.4 Å². The molecule has 1 saturated heterocycles. The number of nitro benzene ring substituents is 1. The normalized spacial score (nSPS) is 14.1. The van der Waals surface area contributed by atoms with E-state index < -0.39 is 40.5 Å². The lowest BCUT2D eigenvalue weighted by molar-refractivity contribution is -0.384. The molecule has 1 aromatic heterocycles. The Kier molecular flexibility index (Phi) is 8.77. The highest BCUT2D eigenvalue weighted by Crippen LogP contribution is 2.22. The molecule has 2 heterocycles. The molecule has 0 saturated carbocycles. The third kappa shape index (κ3) is 7.05. The number of nitrogens with zero attached hydrogens (tertiary/aromatic N) is 5. The van der Waals surface area contributed by atoms with Gasteiger partial charge in [0, 0.05) is 47.6 Å². The van der Waals surface area contributed by atoms with Crippen LogP contribution in [0.1, 0.15) is 39.1 Å². The van der Waals surface area contributed by atoms with E-state index in [9.17, 15) is 29.6 Å². The lowest BCUT2D eigenvalue weighted by Gasteiger charge is -2.24. The van der Waals surface area contributed by atoms with Gasteiger partial charge in [-0.25, -0.2) is 0 Å². The fraction of sp³-hybridized carbons (Fsp3) is 0.241. The molecule has 220 valence electrons. The van der Waals surface area contributed by atoms with Crippen LogP contribution in [-0.2, 0) is 11.2 Å². The highest BCUT2D eigenvalue weighted by atomic mass is 16.6. The van der Waals surface area contributed by atoms with E-state index in [2.05, 4.69) is 31.3 Å². The van der Waals surface area contributed by atoms with E-state index in [1.165, 1.54) is 6.07 Å². The summed E-state index contributed by atoms with van der Waals surface area (Å²) >= 11 is 0. The number of aliphatic hydroxyl groups is 1. The van der Waals surface area contributed by atoms with E-state index in [1.807, 2.05) is 0 Å². The van der Waals surface area contributed by atoms with E-state index in [0.29, 0.717) is 30.2 Å². The number of amides is 3. The number of aliphatic hydroxyl groups excluding tert-OH is 1. The highest BCUT2D eigenvalue weighted by Gasteiger charge is 2.30. The monoisotopic (exact) mass is 584 g/mol. The van der Waals surface area contributed by atoms with Crippen molar-refractivity contribution in [3.05, 3.63) is 99.6 Å². The number of tetrazole rings is 1. The predicted molar refractivity (Wildman–Crippen MR) is 154 cm³/mol. The van der Waals surface area contributed by atoms with Gasteiger partial charge in [0.25, 0.3) is 23.4 Å². The van der Waals surface area contributed by atoms with Gasteiger partial charge in [0.15, 0.2) is 6.10 Å². The minimum absolute atomic E-state index is 0.0145. The van der Waals surface area contributed by atoms with Gasteiger partial charge < -0.3 is 20.6 Å². The second-order valence-corrected chi connectivity index (χ2v) is 10.0. The lowest BCUT2D eigenvalue weighted by Crippen LogP contribution is -2.50. The maximum Gasteiger partial charge on any atom is 0.271 e. The summed E-state index contributed by atoms with van der Waals surface area (Å²) in [5.41, 5.74) is 1.09. The van der Waals surface area contributed by atoms with Crippen molar-refractivity contribution >= 4 is 29.1 Å². The third-order valence-corrected chi connectivity index (χ3v) is 7.03. The van der Waals surface area contributed by atoms with Crippen LogP contribution < -0.4 is 10.6 Å². The number of non-ortho nitro benzene ring substituents is 1. The average Bonchev–Trinajstić information content (AvgIpc) is 3.76. The van der Waals surface area contributed by atoms with Crippen molar-refractivity contribution in [1.29, 1.82) is 0 Å². The zero-order valence-corrected chi connectivity index (χ0v) is 22.8. The van der Waals surface area contributed by atoms with Gasteiger partial charge >= 0.3 is 0 Å². The van der Waals surface area contributed by atoms with Crippen molar-refractivity contribution < 1.29 is 24.4 Å². The molecule has 5 rings (SSSR count). The number of nitrogens with one attached hydrogen (secondary N) is 3. The van der Waals surface area contributed by atoms with E-state index in [-0.39, 0.29) is 17.5 Å². The van der Waals surface area contributed by atoms with Gasteiger partial charge in [-0.1, -0.05) is 42.5 Å². The van der Waals surface area contributed by atoms with Gasteiger partial charge in [-0.15, -0.1) is 10.2 Å². The molecule has 0 aliphatic carbocycles. The molecule has 14 nitrogen and oxygen atoms in total. The first-order valence-corrected chi connectivity index (χ1v) is 13.5. The molecule has 4 aromatic rings. The average molecular weight is 585 g/mol. The van der Waals surface area contributed by atoms with E-state index >= 15 is 0 Å². The standard InChI is InChI=1S/C29H28N8O6/c38-25(28(40)30-22-10-6-9-19(15-22)26-32-34-35-33-26)24(13-18-7-2-1-3-8-18)31-27(39)20-14-21(17-23(16-20)37(42)43)29(41)36-11-4-5-12-36/h1-3,6-10,14-17,24-25,38H,4-5,11-13H2,(H,30,40)(H,31,39)(H,32,33,34,35)/t24-,25-/m0/s1. The summed E-state index contributed by atoms with van der Waals surface area (Å²) in [6.07, 6.45) is 0.00778. The van der Waals surface area contributed by atoms with Crippen LogP contribution in [0.15, 0.2) is 72.8 Å². The molecular formula is C29H28N8O6. The Labute approximate surface area is 245 Å². The Morgan fingerprint density at radius 3 is 2.44 bits per heavy atom. The van der Waals surface area contributed by atoms with Crippen LogP contribution in [0.5, 0.6) is 0 Å². The number of carbonyl (C=O) groups is 3. The fourth-order valence-electron chi connectivity index (χ4n) is 4.85. The van der Waals surface area contributed by atoms with Gasteiger partial charge in [-0.05, 0) is 48.2 Å². The second-order valence-electron chi connectivity index (χ2n) is 10.0. The minimum Gasteiger partial charge on any atom is -0.381 e. The molecule has 0 radical (unpaired) electrons. The molecule has 4 N–H and O–H groups in total. The van der Waals surface area contributed by atoms with Crippen LogP contribution in [-0.4, -0.2) is 78.5 Å². The molecule has 0 spiro atoms. The maximum absolute atomic E-state index is 13.5. The number of aromatic amines is 1. The molecule has 2 atom stereocenters. The third-order valence-electron chi connectivity index (χ3n) is 7.03. The number of benzene rings is 3. The van der Waals surface area contributed by atoms with Crippen molar-refractivity contribution in [3.63, 3.8) is 0 Å². The van der Waals surface area contributed by atoms with Gasteiger partial charge in [-0.2, -0.15) is 5.21 Å². The number of hydrogen-bond acceptors (Lipinski definition) is 9. The number of likely N-dealkylation sites (tertiary alicyclic amines) is 1. The number of H-pyrrole nitrogens is 1. The Hall–Kier alpha value is -5.50. The number of hydrogen-bond donors (Lipinski definition) is 4. The van der Waals surface area contributed by atoms with Gasteiger partial charge in [0.2, 0.25) is 5.82 Å². The lowest BCUT2D eigenvalue weighted by atomic mass is 9.99. The number of anilines is 1. The molecule has 0 bridgehead atoms. The quantitative estimate of drug-likeness (QED) is 0.160. The highest BCUT2D eigenvalue weighted by molar-refractivity contribution is 6.01. The fourth-order valence-corrected chi connectivity index (χ4v) is 4.85. The smallest absolute Gasteiger partial charge is 0.271 e. The van der Waals surface area contributed by atoms with Crippen molar-refractivity contribution in [2.24, 2.45) is 0 Å². The Morgan fingerprint density at radius 2 is 1.74 bits per heavy atom. The zero-order valence-electron chi connectivity index (χ0n) is 22.8. The molecule has 1 aliphatic rings. The molecule has 1 fully saturated rings. The predicted octanol–water partition coefficient (Wildman–Crippen LogP) is 2.35. The number of rotatable bonds is 10. The summed E-state index contributed by atoms with van der Waals surface area (Å²) in [6, 6.07) is 17.9. The first kappa shape index (κ1) is 29.0. The number of aromatic nitrogens is 4. The summed E-state index contributed by atoms with van der Waals surface area (Å²) in [4.78, 5) is 52.2. The van der Waals surface area contributed by atoms with Crippen LogP contribution in [0, 0.1) is 10.1 Å². The summed E-state index contributed by atoms with van der Waals surface area (Å²) in [5, 5.41) is 41.8. The van der Waals surface area contributed by atoms with E-state index in [1.54, 1.807) is 59.5 Å². The molecule has 0 unspecified atom stereocenters. The summed E-state index contributed by atoms with van der Waals surface area (Å²) in [5.74, 6) is -1.68. The zero-order chi connectivity index (χ0) is 30.3. The second kappa shape index (κ2) is 13.0. The van der Waals surface area contributed by atoms with E-state index in [0.717, 1.165) is 30.5 Å². The Morgan fingerprint density at radius 1 is 1.00 bits per heavy atom. The van der Waals surface area contributed by atoms with E-state index in [4.69, 9.17) is 0 Å². The first-order valence-electron chi connectivity index (χ1n) is 13.5. The number of nitro groups is 1. The maximum atomic E-state index is 13.5. The first-order chi connectivity index (χ1) is 20.8. The summed E-state index contributed by atoms with van der Waals surface area (Å²) in [7, 11) is 0. The largest absolute Gasteiger partial charge is 0.381 e. The molecule has 1 aliphatic heterocycles. The van der Waals surface area contributed by atoms with Crippen LogP contribution in [0.25, 0.3) is 11.4 Å². The van der Waals surface area contributed by atoms with Gasteiger partial charge in [0.1, 0.15) is 0 Å². The van der Waals surface area contributed by atoms with Crippen molar-refractivity contribution in [2.75, 3.05) is 18.4 Å². The van der Waals surface area contributed by atoms with Gasteiger partial charge in [0.05, 0.1) is 11.0 Å². The van der Waals surface area contributed by atoms with Crippen LogP contribution in [0.2, 0.25) is 0 Å². The summed E-state index contributed by atoms with van der Waals surface area (Å²) in [6.45, 7) is 1.06. The molecule has 3 aromatic carbocycles. The molecule has 43 heavy (non-hydrogen) atoms. The van der Waals surface area contributed by atoms with Crippen LogP contribution in [0.3, 0.4) is 0 Å². The van der Waals surface area contributed by atoms with Crippen molar-refractivity contribution in [1.82, 2.24) is 30.8 Å². The minimum atomic E-state index is -1.72. The SMILES string of the molecule is O=C(N[C@@H](Cc1ccccc1)[C@H](O)C(=O)Nc1cccc(-c2nn[nH]n2)c1)c1cc(C(=O)N2CCCC2)cc([N+](=O)[O-])c1. The molecule has 3 amide bonds. The van der Waals surface area contributed by atoms with Crippen LogP contribution in [0.4, 0.5) is 11.4 Å². The molecular weight excluding hydrogens is 556 g/mol. The topological polar surface area (TPSA) is 196 Å². The van der Waals surface area contributed by atoms with Gasteiger partial charge in [-0.3, -0.25) is 24.5 Å². The Balaban J connectivity index is 1.38.